The number of methoxy groups -OCH3 is 2. The lowest BCUT2D eigenvalue weighted by molar-refractivity contribution is 0.0285. The van der Waals surface area contributed by atoms with Gasteiger partial charge in [0.1, 0.15) is 6.10 Å². The average molecular weight is 405 g/mol. The molecular formula is C20H17ClO7. The Labute approximate surface area is 165 Å². The van der Waals surface area contributed by atoms with Crippen LogP contribution in [0.3, 0.4) is 0 Å². The van der Waals surface area contributed by atoms with Crippen molar-refractivity contribution in [1.82, 2.24) is 0 Å². The number of aromatic hydroxyl groups is 1. The van der Waals surface area contributed by atoms with Gasteiger partial charge < -0.3 is 28.5 Å². The maximum Gasteiger partial charge on any atom is 0.336 e. The third-order valence-corrected chi connectivity index (χ3v) is 4.97. The van der Waals surface area contributed by atoms with Crippen LogP contribution in [0, 0.1) is 0 Å². The summed E-state index contributed by atoms with van der Waals surface area (Å²) in [5, 5.41) is 10.6. The van der Waals surface area contributed by atoms with E-state index in [4.69, 9.17) is 35.0 Å². The highest BCUT2D eigenvalue weighted by Crippen LogP contribution is 2.53. The van der Waals surface area contributed by atoms with Gasteiger partial charge in [0.2, 0.25) is 11.5 Å². The second-order valence-corrected chi connectivity index (χ2v) is 6.67. The van der Waals surface area contributed by atoms with E-state index in [1.54, 1.807) is 18.2 Å². The molecule has 146 valence electrons. The molecule has 0 aliphatic carbocycles. The van der Waals surface area contributed by atoms with Crippen molar-refractivity contribution in [3.63, 3.8) is 0 Å². The van der Waals surface area contributed by atoms with Crippen molar-refractivity contribution in [2.24, 2.45) is 0 Å². The maximum atomic E-state index is 11.7. The molecule has 0 amide bonds. The molecule has 8 heteroatoms. The number of rotatable bonds is 3. The summed E-state index contributed by atoms with van der Waals surface area (Å²) < 4.78 is 28.2. The van der Waals surface area contributed by atoms with Crippen LogP contribution < -0.4 is 24.6 Å². The minimum absolute atomic E-state index is 0.0180. The highest BCUT2D eigenvalue weighted by atomic mass is 35.5. The summed E-state index contributed by atoms with van der Waals surface area (Å²) in [6.45, 7) is 1.82. The number of phenolic OH excluding ortho intramolecular Hbond substituents is 1. The summed E-state index contributed by atoms with van der Waals surface area (Å²) >= 11 is 6.45. The molecule has 7 nitrogen and oxygen atoms in total. The van der Waals surface area contributed by atoms with Crippen molar-refractivity contribution >= 4 is 22.6 Å². The van der Waals surface area contributed by atoms with Crippen LogP contribution >= 0.6 is 11.6 Å². The van der Waals surface area contributed by atoms with E-state index in [2.05, 4.69) is 0 Å². The summed E-state index contributed by atoms with van der Waals surface area (Å²) in [7, 11) is 2.93. The fourth-order valence-corrected chi connectivity index (χ4v) is 3.58. The first-order valence-corrected chi connectivity index (χ1v) is 8.86. The monoisotopic (exact) mass is 404 g/mol. The Hall–Kier alpha value is -3.06. The van der Waals surface area contributed by atoms with Crippen LogP contribution in [0.4, 0.5) is 0 Å². The quantitative estimate of drug-likeness (QED) is 0.658. The number of hydrogen-bond acceptors (Lipinski definition) is 7. The molecule has 1 N–H and O–H groups in total. The minimum Gasteiger partial charge on any atom is -0.504 e. The first kappa shape index (κ1) is 18.3. The SMILES string of the molecule is COc1cc([C@@H]2Oc3c(OC)c(Cl)c4ccc(=O)oc4c3O[C@@H]2C)ccc1O. The second kappa shape index (κ2) is 6.83. The normalized spacial score (nSPS) is 18.1. The van der Waals surface area contributed by atoms with E-state index < -0.39 is 17.8 Å². The molecule has 2 heterocycles. The summed E-state index contributed by atoms with van der Waals surface area (Å²) in [6, 6.07) is 7.72. The zero-order chi connectivity index (χ0) is 20.0. The largest absolute Gasteiger partial charge is 0.504 e. The van der Waals surface area contributed by atoms with Crippen molar-refractivity contribution in [2.75, 3.05) is 14.2 Å². The zero-order valence-corrected chi connectivity index (χ0v) is 16.1. The fourth-order valence-electron chi connectivity index (χ4n) is 3.26. The van der Waals surface area contributed by atoms with Crippen molar-refractivity contribution in [3.05, 3.63) is 51.3 Å². The van der Waals surface area contributed by atoms with Crippen LogP contribution in [0.25, 0.3) is 11.0 Å². The Balaban J connectivity index is 1.89. The van der Waals surface area contributed by atoms with Crippen molar-refractivity contribution in [1.29, 1.82) is 0 Å². The van der Waals surface area contributed by atoms with Crippen molar-refractivity contribution in [3.8, 4) is 28.7 Å². The molecule has 0 unspecified atom stereocenters. The first-order chi connectivity index (χ1) is 13.4. The third kappa shape index (κ3) is 2.79. The number of hydrogen-bond donors (Lipinski definition) is 1. The van der Waals surface area contributed by atoms with Crippen LogP contribution in [-0.4, -0.2) is 25.4 Å². The summed E-state index contributed by atoms with van der Waals surface area (Å²) in [5.74, 6) is 1.10. The van der Waals surface area contributed by atoms with Gasteiger partial charge in [0, 0.05) is 17.0 Å². The number of halogens is 1. The van der Waals surface area contributed by atoms with Gasteiger partial charge in [-0.3, -0.25) is 0 Å². The van der Waals surface area contributed by atoms with E-state index in [-0.39, 0.29) is 33.6 Å². The molecule has 2 aromatic carbocycles. The molecule has 1 aliphatic rings. The predicted octanol–water partition coefficient (Wildman–Crippen LogP) is 4.07. The molecular weight excluding hydrogens is 388 g/mol. The lowest BCUT2D eigenvalue weighted by Crippen LogP contribution is -2.31. The third-order valence-electron chi connectivity index (χ3n) is 4.60. The van der Waals surface area contributed by atoms with Gasteiger partial charge in [0.05, 0.1) is 19.2 Å². The van der Waals surface area contributed by atoms with Crippen LogP contribution in [-0.2, 0) is 0 Å². The van der Waals surface area contributed by atoms with Gasteiger partial charge in [-0.15, -0.1) is 0 Å². The summed E-state index contributed by atoms with van der Waals surface area (Å²) in [5.41, 5.74) is 0.389. The van der Waals surface area contributed by atoms with E-state index >= 15 is 0 Å². The Morgan fingerprint density at radius 2 is 1.86 bits per heavy atom. The van der Waals surface area contributed by atoms with Crippen LogP contribution in [0.15, 0.2) is 39.5 Å². The predicted molar refractivity (Wildman–Crippen MR) is 102 cm³/mol. The molecule has 1 aliphatic heterocycles. The molecule has 3 aromatic rings. The minimum atomic E-state index is -0.542. The van der Waals surface area contributed by atoms with E-state index in [1.165, 1.54) is 26.4 Å². The van der Waals surface area contributed by atoms with Crippen LogP contribution in [0.5, 0.6) is 28.7 Å². The van der Waals surface area contributed by atoms with E-state index in [0.29, 0.717) is 11.1 Å². The van der Waals surface area contributed by atoms with Gasteiger partial charge in [0.15, 0.2) is 28.9 Å². The van der Waals surface area contributed by atoms with Gasteiger partial charge in [-0.05, 0) is 25.1 Å². The van der Waals surface area contributed by atoms with Crippen LogP contribution in [0.2, 0.25) is 5.02 Å². The topological polar surface area (TPSA) is 87.4 Å². The molecule has 0 fully saturated rings. The molecule has 2 atom stereocenters. The Morgan fingerprint density at radius 3 is 2.57 bits per heavy atom. The maximum absolute atomic E-state index is 11.7. The standard InChI is InChI=1S/C20H17ClO7/c1-9-16(10-4-6-12(22)13(8-10)24-2)28-20-18(25-3)15(21)11-5-7-14(23)27-17(11)19(20)26-9/h4-9,16,22H,1-3H3/t9-,16-/m1/s1. The van der Waals surface area contributed by atoms with Gasteiger partial charge >= 0.3 is 5.63 Å². The first-order valence-electron chi connectivity index (χ1n) is 8.48. The molecule has 0 radical (unpaired) electrons. The fraction of sp³-hybridized carbons (Fsp3) is 0.250. The van der Waals surface area contributed by atoms with Crippen LogP contribution in [0.1, 0.15) is 18.6 Å². The molecule has 0 saturated carbocycles. The van der Waals surface area contributed by atoms with Gasteiger partial charge in [-0.2, -0.15) is 0 Å². The van der Waals surface area contributed by atoms with E-state index in [0.717, 1.165) is 5.56 Å². The lowest BCUT2D eigenvalue weighted by Gasteiger charge is -2.33. The van der Waals surface area contributed by atoms with Gasteiger partial charge in [0.25, 0.3) is 0 Å². The molecule has 0 bridgehead atoms. The Kier molecular flexibility index (Phi) is 4.47. The second-order valence-electron chi connectivity index (χ2n) is 6.30. The number of phenols is 1. The van der Waals surface area contributed by atoms with E-state index in [1.807, 2.05) is 6.92 Å². The van der Waals surface area contributed by atoms with E-state index in [9.17, 15) is 9.90 Å². The highest BCUT2D eigenvalue weighted by Gasteiger charge is 2.36. The number of benzene rings is 2. The highest BCUT2D eigenvalue weighted by molar-refractivity contribution is 6.37. The molecule has 0 spiro atoms. The smallest absolute Gasteiger partial charge is 0.336 e. The number of fused-ring (bicyclic) bond motifs is 3. The van der Waals surface area contributed by atoms with Crippen molar-refractivity contribution in [2.45, 2.75) is 19.1 Å². The summed E-state index contributed by atoms with van der Waals surface area (Å²) in [6.07, 6.45) is -0.985. The molecule has 1 aromatic heterocycles. The van der Waals surface area contributed by atoms with Gasteiger partial charge in [-0.25, -0.2) is 4.79 Å². The lowest BCUT2D eigenvalue weighted by atomic mass is 10.0. The number of ether oxygens (including phenoxy) is 4. The summed E-state index contributed by atoms with van der Waals surface area (Å²) in [4.78, 5) is 11.7. The Morgan fingerprint density at radius 1 is 1.07 bits per heavy atom. The zero-order valence-electron chi connectivity index (χ0n) is 15.3. The molecule has 4 rings (SSSR count). The Bertz CT molecular complexity index is 1120. The van der Waals surface area contributed by atoms with Gasteiger partial charge in [-0.1, -0.05) is 17.7 Å². The molecule has 0 saturated heterocycles. The molecule has 28 heavy (non-hydrogen) atoms. The van der Waals surface area contributed by atoms with Crippen molar-refractivity contribution < 1.29 is 28.5 Å². The average Bonchev–Trinajstić information content (AvgIpc) is 2.69.